The Morgan fingerprint density at radius 3 is 2.59 bits per heavy atom. The highest BCUT2D eigenvalue weighted by Crippen LogP contribution is 2.29. The summed E-state index contributed by atoms with van der Waals surface area (Å²) in [7, 11) is 0. The first-order valence-electron chi connectivity index (χ1n) is 6.88. The SMILES string of the molecule is CC(C)CC(C(=O)O)N(c1cccc2cccnc12)S(=O)O. The van der Waals surface area contributed by atoms with Crippen LogP contribution in [0.25, 0.3) is 10.9 Å². The Balaban J connectivity index is 2.59. The maximum absolute atomic E-state index is 11.8. The third-order valence-corrected chi connectivity index (χ3v) is 4.07. The third-order valence-electron chi connectivity index (χ3n) is 3.28. The van der Waals surface area contributed by atoms with Crippen molar-refractivity contribution in [3.8, 4) is 0 Å². The van der Waals surface area contributed by atoms with Gasteiger partial charge in [0.05, 0.1) is 11.2 Å². The summed E-state index contributed by atoms with van der Waals surface area (Å²) in [5, 5.41) is 10.2. The number of carboxylic acid groups (broad SMARTS) is 1. The van der Waals surface area contributed by atoms with Crippen LogP contribution in [0.3, 0.4) is 0 Å². The Morgan fingerprint density at radius 1 is 1.32 bits per heavy atom. The van der Waals surface area contributed by atoms with Crippen molar-refractivity contribution in [2.75, 3.05) is 4.31 Å². The van der Waals surface area contributed by atoms with Gasteiger partial charge in [-0.2, -0.15) is 0 Å². The van der Waals surface area contributed by atoms with Crippen LogP contribution in [0.1, 0.15) is 20.3 Å². The molecule has 1 heterocycles. The lowest BCUT2D eigenvalue weighted by Gasteiger charge is -2.28. The van der Waals surface area contributed by atoms with Crippen LogP contribution in [0.15, 0.2) is 36.5 Å². The number of pyridine rings is 1. The van der Waals surface area contributed by atoms with Crippen LogP contribution >= 0.6 is 0 Å². The number of rotatable bonds is 6. The number of para-hydroxylation sites is 1. The molecule has 1 aromatic carbocycles. The molecule has 2 N–H and O–H groups in total. The Bertz CT molecular complexity index is 700. The number of nitrogens with zero attached hydrogens (tertiary/aromatic N) is 2. The van der Waals surface area contributed by atoms with Gasteiger partial charge in [-0.15, -0.1) is 0 Å². The number of anilines is 1. The Morgan fingerprint density at radius 2 is 2.00 bits per heavy atom. The van der Waals surface area contributed by atoms with Crippen LogP contribution in [0.4, 0.5) is 5.69 Å². The van der Waals surface area contributed by atoms with E-state index in [0.717, 1.165) is 9.69 Å². The molecule has 1 aromatic heterocycles. The van der Waals surface area contributed by atoms with Gasteiger partial charge in [0.15, 0.2) is 0 Å². The highest BCUT2D eigenvalue weighted by atomic mass is 32.2. The molecule has 0 aliphatic heterocycles. The molecule has 22 heavy (non-hydrogen) atoms. The van der Waals surface area contributed by atoms with Gasteiger partial charge in [-0.3, -0.25) is 13.8 Å². The summed E-state index contributed by atoms with van der Waals surface area (Å²) in [6, 6.07) is 7.63. The topological polar surface area (TPSA) is 90.7 Å². The maximum atomic E-state index is 11.8. The molecule has 0 fully saturated rings. The smallest absolute Gasteiger partial charge is 0.327 e. The van der Waals surface area contributed by atoms with E-state index in [9.17, 15) is 18.7 Å². The molecule has 6 nitrogen and oxygen atoms in total. The van der Waals surface area contributed by atoms with Crippen molar-refractivity contribution in [1.82, 2.24) is 4.98 Å². The summed E-state index contributed by atoms with van der Waals surface area (Å²) in [5.41, 5.74) is 0.842. The highest BCUT2D eigenvalue weighted by Gasteiger charge is 2.31. The minimum atomic E-state index is -2.46. The average molecular weight is 322 g/mol. The fourth-order valence-corrected chi connectivity index (χ4v) is 3.08. The molecule has 0 aliphatic carbocycles. The quantitative estimate of drug-likeness (QED) is 0.798. The first kappa shape index (κ1) is 16.4. The number of carboxylic acids is 1. The Labute approximate surface area is 131 Å². The lowest BCUT2D eigenvalue weighted by molar-refractivity contribution is -0.138. The monoisotopic (exact) mass is 322 g/mol. The fourth-order valence-electron chi connectivity index (χ4n) is 2.37. The van der Waals surface area contributed by atoms with E-state index in [1.165, 1.54) is 0 Å². The second kappa shape index (κ2) is 6.85. The molecule has 7 heteroatoms. The molecule has 2 atom stereocenters. The molecule has 0 aliphatic rings. The molecule has 2 rings (SSSR count). The summed E-state index contributed by atoms with van der Waals surface area (Å²) in [6.45, 7) is 3.74. The summed E-state index contributed by atoms with van der Waals surface area (Å²) in [5.74, 6) is -1.07. The van der Waals surface area contributed by atoms with Crippen LogP contribution in [0.2, 0.25) is 0 Å². The largest absolute Gasteiger partial charge is 0.480 e. The van der Waals surface area contributed by atoms with Crippen molar-refractivity contribution in [3.63, 3.8) is 0 Å². The van der Waals surface area contributed by atoms with Crippen molar-refractivity contribution in [2.24, 2.45) is 5.92 Å². The minimum Gasteiger partial charge on any atom is -0.480 e. The number of benzene rings is 1. The lowest BCUT2D eigenvalue weighted by Crippen LogP contribution is -2.43. The molecular weight excluding hydrogens is 304 g/mol. The lowest BCUT2D eigenvalue weighted by atomic mass is 10.0. The van der Waals surface area contributed by atoms with Gasteiger partial charge in [-0.1, -0.05) is 32.0 Å². The Hall–Kier alpha value is -1.99. The van der Waals surface area contributed by atoms with Gasteiger partial charge in [-0.25, -0.2) is 9.00 Å². The zero-order valence-electron chi connectivity index (χ0n) is 12.3. The van der Waals surface area contributed by atoms with E-state index in [4.69, 9.17) is 0 Å². The molecule has 2 aromatic rings. The van der Waals surface area contributed by atoms with Gasteiger partial charge in [-0.05, 0) is 24.5 Å². The number of hydrogen-bond donors (Lipinski definition) is 2. The molecule has 0 amide bonds. The molecule has 0 bridgehead atoms. The van der Waals surface area contributed by atoms with Crippen LogP contribution in [-0.4, -0.2) is 30.9 Å². The standard InChI is InChI=1S/C15H18N2O4S/c1-10(2)9-13(15(18)19)17(22(20)21)12-7-3-5-11-6-4-8-16-14(11)12/h3-8,10,13H,9H2,1-2H3,(H,18,19)(H,20,21). The van der Waals surface area contributed by atoms with Crippen LogP contribution in [0, 0.1) is 5.92 Å². The summed E-state index contributed by atoms with van der Waals surface area (Å²) in [6.07, 6.45) is 1.83. The number of aliphatic carboxylic acids is 1. The predicted octanol–water partition coefficient (Wildman–Crippen LogP) is 2.68. The van der Waals surface area contributed by atoms with Gasteiger partial charge < -0.3 is 5.11 Å². The van der Waals surface area contributed by atoms with Crippen molar-refractivity contribution >= 4 is 33.8 Å². The third kappa shape index (κ3) is 3.42. The normalized spacial score (nSPS) is 14.0. The summed E-state index contributed by atoms with van der Waals surface area (Å²) >= 11 is -2.46. The van der Waals surface area contributed by atoms with E-state index in [2.05, 4.69) is 4.98 Å². The van der Waals surface area contributed by atoms with E-state index in [1.807, 2.05) is 26.0 Å². The molecule has 2 unspecified atom stereocenters. The Kier molecular flexibility index (Phi) is 5.10. The molecule has 0 saturated carbocycles. The number of hydrogen-bond acceptors (Lipinski definition) is 3. The number of carbonyl (C=O) groups is 1. The number of fused-ring (bicyclic) bond motifs is 1. The molecule has 118 valence electrons. The molecule has 0 radical (unpaired) electrons. The predicted molar refractivity (Wildman–Crippen MR) is 85.9 cm³/mol. The van der Waals surface area contributed by atoms with Gasteiger partial charge >= 0.3 is 5.97 Å². The first-order chi connectivity index (χ1) is 10.4. The molecule has 0 saturated heterocycles. The van der Waals surface area contributed by atoms with Crippen molar-refractivity contribution in [1.29, 1.82) is 0 Å². The zero-order chi connectivity index (χ0) is 16.3. The van der Waals surface area contributed by atoms with Crippen molar-refractivity contribution < 1.29 is 18.7 Å². The average Bonchev–Trinajstić information content (AvgIpc) is 2.46. The van der Waals surface area contributed by atoms with E-state index < -0.39 is 23.3 Å². The van der Waals surface area contributed by atoms with Crippen molar-refractivity contribution in [2.45, 2.75) is 26.3 Å². The van der Waals surface area contributed by atoms with E-state index in [0.29, 0.717) is 11.2 Å². The van der Waals surface area contributed by atoms with Crippen LogP contribution in [-0.2, 0) is 16.1 Å². The van der Waals surface area contributed by atoms with Gasteiger partial charge in [0.1, 0.15) is 6.04 Å². The second-order valence-electron chi connectivity index (χ2n) is 5.39. The van der Waals surface area contributed by atoms with Gasteiger partial charge in [0.25, 0.3) is 11.3 Å². The minimum absolute atomic E-state index is 0.0649. The summed E-state index contributed by atoms with van der Waals surface area (Å²) in [4.78, 5) is 15.8. The van der Waals surface area contributed by atoms with Crippen LogP contribution in [0.5, 0.6) is 0 Å². The fraction of sp³-hybridized carbons (Fsp3) is 0.333. The van der Waals surface area contributed by atoms with Gasteiger partial charge in [0.2, 0.25) is 0 Å². The van der Waals surface area contributed by atoms with E-state index in [-0.39, 0.29) is 12.3 Å². The first-order valence-corrected chi connectivity index (χ1v) is 7.95. The van der Waals surface area contributed by atoms with E-state index in [1.54, 1.807) is 24.4 Å². The maximum Gasteiger partial charge on any atom is 0.327 e. The van der Waals surface area contributed by atoms with Crippen molar-refractivity contribution in [3.05, 3.63) is 36.5 Å². The molecule has 0 spiro atoms. The highest BCUT2D eigenvalue weighted by molar-refractivity contribution is 7.80. The van der Waals surface area contributed by atoms with Gasteiger partial charge in [0, 0.05) is 11.6 Å². The molecular formula is C15H18N2O4S. The summed E-state index contributed by atoms with van der Waals surface area (Å²) < 4.78 is 22.5. The van der Waals surface area contributed by atoms with E-state index >= 15 is 0 Å². The number of aromatic nitrogens is 1. The zero-order valence-corrected chi connectivity index (χ0v) is 13.2. The van der Waals surface area contributed by atoms with Crippen LogP contribution < -0.4 is 4.31 Å². The second-order valence-corrected chi connectivity index (χ2v) is 6.25.